The number of carbonyl (C=O) groups is 1. The van der Waals surface area contributed by atoms with Crippen molar-refractivity contribution in [3.8, 4) is 0 Å². The van der Waals surface area contributed by atoms with Gasteiger partial charge < -0.3 is 14.8 Å². The Morgan fingerprint density at radius 1 is 1.54 bits per heavy atom. The lowest BCUT2D eigenvalue weighted by Crippen LogP contribution is -2.34. The fourth-order valence-electron chi connectivity index (χ4n) is 0.574. The van der Waals surface area contributed by atoms with E-state index in [1.165, 1.54) is 0 Å². The van der Waals surface area contributed by atoms with Crippen LogP contribution in [0.1, 0.15) is 20.8 Å². The first kappa shape index (κ1) is 12.2. The molecule has 0 aromatic heterocycles. The van der Waals surface area contributed by atoms with Crippen molar-refractivity contribution in [1.82, 2.24) is 5.32 Å². The largest absolute Gasteiger partial charge is 0.488 e. The average Bonchev–Trinajstić information content (AvgIpc) is 1.94. The number of rotatable bonds is 4. The Bertz CT molecular complexity index is 177. The number of ether oxygens (including phenoxy) is 2. The summed E-state index contributed by atoms with van der Waals surface area (Å²) in [5.74, 6) is 0. The fourth-order valence-corrected chi connectivity index (χ4v) is 0.671. The van der Waals surface area contributed by atoms with Gasteiger partial charge >= 0.3 is 6.09 Å². The van der Waals surface area contributed by atoms with E-state index in [4.69, 9.17) is 9.47 Å². The third-order valence-corrected chi connectivity index (χ3v) is 1.09. The molecule has 5 heteroatoms. The third kappa shape index (κ3) is 9.07. The minimum absolute atomic E-state index is 0.364. The highest BCUT2D eigenvalue weighted by Gasteiger charge is 2.15. The van der Waals surface area contributed by atoms with E-state index in [1.54, 1.807) is 20.8 Å². The highest BCUT2D eigenvalue weighted by Crippen LogP contribution is 2.05. The molecular formula is C8H15NO3S. The van der Waals surface area contributed by atoms with Gasteiger partial charge in [-0.05, 0) is 33.0 Å². The highest BCUT2D eigenvalue weighted by molar-refractivity contribution is 7.78. The molecule has 1 N–H and O–H groups in total. The lowest BCUT2D eigenvalue weighted by molar-refractivity contribution is 0.0520. The Morgan fingerprint density at radius 3 is 2.62 bits per heavy atom. The van der Waals surface area contributed by atoms with E-state index in [9.17, 15) is 4.79 Å². The summed E-state index contributed by atoms with van der Waals surface area (Å²) >= 11 is 4.43. The zero-order valence-electron chi connectivity index (χ0n) is 8.12. The van der Waals surface area contributed by atoms with Crippen molar-refractivity contribution in [2.75, 3.05) is 13.2 Å². The third-order valence-electron chi connectivity index (χ3n) is 0.956. The molecular weight excluding hydrogens is 190 g/mol. The molecule has 0 aromatic carbocycles. The lowest BCUT2D eigenvalue weighted by Gasteiger charge is -2.19. The van der Waals surface area contributed by atoms with Crippen molar-refractivity contribution in [2.45, 2.75) is 26.4 Å². The van der Waals surface area contributed by atoms with Crippen molar-refractivity contribution in [3.05, 3.63) is 0 Å². The van der Waals surface area contributed by atoms with E-state index < -0.39 is 11.7 Å². The molecule has 0 aliphatic heterocycles. The van der Waals surface area contributed by atoms with Crippen molar-refractivity contribution < 1.29 is 14.3 Å². The van der Waals surface area contributed by atoms with E-state index >= 15 is 0 Å². The van der Waals surface area contributed by atoms with Crippen molar-refractivity contribution in [3.63, 3.8) is 0 Å². The maximum Gasteiger partial charge on any atom is 0.407 e. The monoisotopic (exact) mass is 205 g/mol. The van der Waals surface area contributed by atoms with Crippen LogP contribution < -0.4 is 5.32 Å². The SMILES string of the molecule is CC(C)(C)OC(=O)NCCOC=S. The number of nitrogens with one attached hydrogen (secondary N) is 1. The maximum absolute atomic E-state index is 11.0. The predicted octanol–water partition coefficient (Wildman–Crippen LogP) is 1.48. The van der Waals surface area contributed by atoms with Crippen LogP contribution in [0, 0.1) is 0 Å². The molecule has 0 saturated heterocycles. The molecule has 0 bridgehead atoms. The van der Waals surface area contributed by atoms with Crippen LogP contribution in [-0.4, -0.2) is 30.4 Å². The zero-order valence-corrected chi connectivity index (χ0v) is 8.94. The van der Waals surface area contributed by atoms with Crippen molar-refractivity contribution in [1.29, 1.82) is 0 Å². The first-order chi connectivity index (χ1) is 5.95. The second-order valence-electron chi connectivity index (χ2n) is 3.40. The first-order valence-electron chi connectivity index (χ1n) is 3.98. The number of thiocarbonyl (C=S) groups is 1. The molecule has 13 heavy (non-hydrogen) atoms. The molecule has 0 aliphatic rings. The molecule has 0 fully saturated rings. The number of amides is 1. The Hall–Kier alpha value is -0.840. The van der Waals surface area contributed by atoms with Gasteiger partial charge in [-0.2, -0.15) is 0 Å². The van der Waals surface area contributed by atoms with Gasteiger partial charge in [0.2, 0.25) is 0 Å². The topological polar surface area (TPSA) is 47.6 Å². The molecule has 0 heterocycles. The molecule has 0 unspecified atom stereocenters. The Balaban J connectivity index is 3.47. The fraction of sp³-hybridized carbons (Fsp3) is 0.750. The Labute approximate surface area is 83.6 Å². The van der Waals surface area contributed by atoms with Gasteiger partial charge in [-0.15, -0.1) is 0 Å². The van der Waals surface area contributed by atoms with E-state index in [-0.39, 0.29) is 0 Å². The van der Waals surface area contributed by atoms with Crippen molar-refractivity contribution >= 4 is 23.9 Å². The normalized spacial score (nSPS) is 10.4. The minimum Gasteiger partial charge on any atom is -0.488 e. The van der Waals surface area contributed by atoms with Gasteiger partial charge in [-0.1, -0.05) is 0 Å². The summed E-state index contributed by atoms with van der Waals surface area (Å²) in [5.41, 5.74) is 0.700. The van der Waals surface area contributed by atoms with Gasteiger partial charge in [0.15, 0.2) is 0 Å². The molecule has 0 aliphatic carbocycles. The first-order valence-corrected chi connectivity index (χ1v) is 4.45. The number of alkyl carbamates (subject to hydrolysis) is 1. The molecule has 0 aromatic rings. The number of carbonyl (C=O) groups excluding carboxylic acids is 1. The molecule has 0 radical (unpaired) electrons. The van der Waals surface area contributed by atoms with Gasteiger partial charge in [0.1, 0.15) is 17.8 Å². The molecule has 0 atom stereocenters. The van der Waals surface area contributed by atoms with Crippen LogP contribution in [-0.2, 0) is 9.47 Å². The summed E-state index contributed by atoms with van der Waals surface area (Å²) in [6.45, 7) is 6.17. The van der Waals surface area contributed by atoms with Crippen LogP contribution in [0.25, 0.3) is 0 Å². The Morgan fingerprint density at radius 2 is 2.15 bits per heavy atom. The number of hydrogen-bond donors (Lipinski definition) is 1. The summed E-state index contributed by atoms with van der Waals surface area (Å²) in [4.78, 5) is 11.0. The summed E-state index contributed by atoms with van der Waals surface area (Å²) in [6.07, 6.45) is -0.444. The van der Waals surface area contributed by atoms with E-state index in [0.29, 0.717) is 13.2 Å². The van der Waals surface area contributed by atoms with Crippen LogP contribution >= 0.6 is 12.2 Å². The van der Waals surface area contributed by atoms with Gasteiger partial charge in [-0.3, -0.25) is 0 Å². The molecule has 0 spiro atoms. The second kappa shape index (κ2) is 5.75. The summed E-state index contributed by atoms with van der Waals surface area (Å²) in [7, 11) is 0. The summed E-state index contributed by atoms with van der Waals surface area (Å²) in [5, 5.41) is 2.52. The smallest absolute Gasteiger partial charge is 0.407 e. The molecule has 76 valence electrons. The van der Waals surface area contributed by atoms with Gasteiger partial charge in [-0.25, -0.2) is 4.79 Å². The second-order valence-corrected chi connectivity index (χ2v) is 3.59. The van der Waals surface area contributed by atoms with Crippen LogP contribution in [0.2, 0.25) is 0 Å². The van der Waals surface area contributed by atoms with Gasteiger partial charge in [0, 0.05) is 0 Å². The molecule has 0 saturated carbocycles. The standard InChI is InChI=1S/C8H15NO3S/c1-8(2,3)12-7(10)9-4-5-11-6-13/h6H,4-5H2,1-3H3,(H,9,10). The quantitative estimate of drug-likeness (QED) is 0.558. The predicted molar refractivity (Wildman–Crippen MR) is 53.8 cm³/mol. The van der Waals surface area contributed by atoms with Crippen LogP contribution in [0.3, 0.4) is 0 Å². The van der Waals surface area contributed by atoms with Gasteiger partial charge in [0.25, 0.3) is 0 Å². The van der Waals surface area contributed by atoms with E-state index in [0.717, 1.165) is 5.55 Å². The minimum atomic E-state index is -0.463. The van der Waals surface area contributed by atoms with Gasteiger partial charge in [0.05, 0.1) is 6.54 Å². The molecule has 1 amide bonds. The highest BCUT2D eigenvalue weighted by atomic mass is 32.1. The van der Waals surface area contributed by atoms with Crippen LogP contribution in [0.4, 0.5) is 4.79 Å². The summed E-state index contributed by atoms with van der Waals surface area (Å²) < 4.78 is 9.71. The van der Waals surface area contributed by atoms with Crippen LogP contribution in [0.5, 0.6) is 0 Å². The van der Waals surface area contributed by atoms with E-state index in [1.807, 2.05) is 0 Å². The zero-order chi connectivity index (χ0) is 10.3. The van der Waals surface area contributed by atoms with Crippen LogP contribution in [0.15, 0.2) is 0 Å². The average molecular weight is 205 g/mol. The lowest BCUT2D eigenvalue weighted by atomic mass is 10.2. The molecule has 0 rings (SSSR count). The Kier molecular flexibility index (Phi) is 5.37. The van der Waals surface area contributed by atoms with E-state index in [2.05, 4.69) is 17.5 Å². The van der Waals surface area contributed by atoms with Crippen molar-refractivity contribution in [2.24, 2.45) is 0 Å². The summed E-state index contributed by atoms with van der Waals surface area (Å²) in [6, 6.07) is 0. The number of hydrogen-bond acceptors (Lipinski definition) is 4. The molecule has 4 nitrogen and oxygen atoms in total. The maximum atomic E-state index is 11.0.